The van der Waals surface area contributed by atoms with E-state index in [1.165, 1.54) is 193 Å². The molecule has 1 amide bonds. The Kier molecular flexibility index (Phi) is 39.3. The lowest BCUT2D eigenvalue weighted by molar-refractivity contribution is -0.302. The summed E-state index contributed by atoms with van der Waals surface area (Å²) in [7, 11) is 0. The van der Waals surface area contributed by atoms with Crippen molar-refractivity contribution in [2.24, 2.45) is 0 Å². The van der Waals surface area contributed by atoms with Crippen molar-refractivity contribution in [3.8, 4) is 0 Å². The molecule has 1 rings (SSSR count). The highest BCUT2D eigenvalue weighted by Gasteiger charge is 2.44. The second-order valence-corrected chi connectivity index (χ2v) is 18.3. The Labute approximate surface area is 364 Å². The lowest BCUT2D eigenvalue weighted by atomic mass is 9.99. The van der Waals surface area contributed by atoms with E-state index in [0.29, 0.717) is 12.8 Å². The van der Waals surface area contributed by atoms with Crippen molar-refractivity contribution in [3.05, 3.63) is 0 Å². The van der Waals surface area contributed by atoms with Crippen LogP contribution in [0.4, 0.5) is 0 Å². The number of carbonyl (C=O) groups excluding carboxylic acids is 1. The van der Waals surface area contributed by atoms with E-state index in [9.17, 15) is 30.3 Å². The number of nitrogens with one attached hydrogen (secondary N) is 1. The van der Waals surface area contributed by atoms with Crippen LogP contribution >= 0.6 is 0 Å². The molecule has 7 atom stereocenters. The van der Waals surface area contributed by atoms with Crippen LogP contribution in [-0.4, -0.2) is 87.5 Å². The molecule has 0 bridgehead atoms. The molecule has 1 fully saturated rings. The topological polar surface area (TPSA) is 149 Å². The number of hydrogen-bond acceptors (Lipinski definition) is 8. The SMILES string of the molecule is CCCCCCCCCCCCCCCCCCCCCCCCCCCCCCCC(=O)NC(COC1OC(CO)C(O)C(O)C1O)C(O)CCCCCCCCC. The van der Waals surface area contributed by atoms with Crippen molar-refractivity contribution >= 4 is 5.91 Å². The number of rotatable bonds is 44. The third-order valence-corrected chi connectivity index (χ3v) is 12.7. The average Bonchev–Trinajstić information content (AvgIpc) is 3.23. The Hall–Kier alpha value is -0.810. The van der Waals surface area contributed by atoms with Gasteiger partial charge in [0.2, 0.25) is 5.91 Å². The summed E-state index contributed by atoms with van der Waals surface area (Å²) in [5.74, 6) is -0.143. The number of aliphatic hydroxyl groups is 5. The fourth-order valence-electron chi connectivity index (χ4n) is 8.58. The highest BCUT2D eigenvalue weighted by atomic mass is 16.7. The summed E-state index contributed by atoms with van der Waals surface area (Å²) in [6, 6.07) is -0.710. The molecule has 352 valence electrons. The predicted octanol–water partition coefficient (Wildman–Crippen LogP) is 11.5. The van der Waals surface area contributed by atoms with Gasteiger partial charge >= 0.3 is 0 Å². The van der Waals surface area contributed by atoms with Crippen LogP contribution in [-0.2, 0) is 14.3 Å². The Balaban J connectivity index is 2.05. The third kappa shape index (κ3) is 31.6. The molecule has 0 aromatic heterocycles. The summed E-state index contributed by atoms with van der Waals surface area (Å²) < 4.78 is 11.2. The molecular weight excluding hydrogens is 743 g/mol. The van der Waals surface area contributed by atoms with Crippen molar-refractivity contribution in [1.29, 1.82) is 0 Å². The summed E-state index contributed by atoms with van der Waals surface area (Å²) in [6.07, 6.45) is 40.3. The van der Waals surface area contributed by atoms with E-state index in [1.807, 2.05) is 0 Å². The van der Waals surface area contributed by atoms with Crippen molar-refractivity contribution in [3.63, 3.8) is 0 Å². The predicted molar refractivity (Wildman–Crippen MR) is 244 cm³/mol. The first-order valence-corrected chi connectivity index (χ1v) is 25.7. The Bertz CT molecular complexity index is 893. The van der Waals surface area contributed by atoms with Crippen LogP contribution in [0.2, 0.25) is 0 Å². The van der Waals surface area contributed by atoms with Crippen LogP contribution in [0, 0.1) is 0 Å². The summed E-state index contributed by atoms with van der Waals surface area (Å²) in [4.78, 5) is 12.9. The number of aliphatic hydroxyl groups excluding tert-OH is 5. The Morgan fingerprint density at radius 1 is 0.508 bits per heavy atom. The van der Waals surface area contributed by atoms with E-state index in [2.05, 4.69) is 19.2 Å². The van der Waals surface area contributed by atoms with Gasteiger partial charge in [0, 0.05) is 6.42 Å². The van der Waals surface area contributed by atoms with Gasteiger partial charge in [0.15, 0.2) is 6.29 Å². The molecule has 9 heteroatoms. The van der Waals surface area contributed by atoms with Gasteiger partial charge < -0.3 is 40.3 Å². The largest absolute Gasteiger partial charge is 0.394 e. The maximum Gasteiger partial charge on any atom is 0.220 e. The quantitative estimate of drug-likeness (QED) is 0.0332. The standard InChI is InChI=1S/C50H99NO8/c1-3-5-7-9-11-12-13-14-15-16-17-18-19-20-21-22-23-24-25-26-27-28-29-30-31-32-34-36-38-40-46(54)51-43(44(53)39-37-35-33-10-8-6-4-2)42-58-50-49(57)48(56)47(55)45(41-52)59-50/h43-45,47-50,52-53,55-57H,3-42H2,1-2H3,(H,51,54). The van der Waals surface area contributed by atoms with Crippen LogP contribution in [0.25, 0.3) is 0 Å². The number of unbranched alkanes of at least 4 members (excludes halogenated alkanes) is 34. The Morgan fingerprint density at radius 2 is 0.847 bits per heavy atom. The lowest BCUT2D eigenvalue weighted by Gasteiger charge is -2.40. The molecular formula is C50H99NO8. The van der Waals surface area contributed by atoms with Crippen LogP contribution in [0.3, 0.4) is 0 Å². The number of hydrogen-bond donors (Lipinski definition) is 6. The number of ether oxygens (including phenoxy) is 2. The monoisotopic (exact) mass is 842 g/mol. The molecule has 1 heterocycles. The van der Waals surface area contributed by atoms with E-state index < -0.39 is 49.5 Å². The maximum absolute atomic E-state index is 12.9. The maximum atomic E-state index is 12.9. The molecule has 0 radical (unpaired) electrons. The van der Waals surface area contributed by atoms with E-state index in [0.717, 1.165) is 38.5 Å². The van der Waals surface area contributed by atoms with Crippen LogP contribution in [0.15, 0.2) is 0 Å². The minimum Gasteiger partial charge on any atom is -0.394 e. The molecule has 1 aliphatic rings. The molecule has 9 nitrogen and oxygen atoms in total. The summed E-state index contributed by atoms with van der Waals surface area (Å²) in [6.45, 7) is 3.81. The van der Waals surface area contributed by atoms with Crippen LogP contribution < -0.4 is 5.32 Å². The molecule has 6 N–H and O–H groups in total. The summed E-state index contributed by atoms with van der Waals surface area (Å²) in [5.41, 5.74) is 0. The minimum absolute atomic E-state index is 0.133. The van der Waals surface area contributed by atoms with Gasteiger partial charge in [-0.15, -0.1) is 0 Å². The first kappa shape index (κ1) is 56.2. The molecule has 0 aliphatic carbocycles. The molecule has 0 aromatic carbocycles. The molecule has 0 aromatic rings. The van der Waals surface area contributed by atoms with Gasteiger partial charge in [-0.25, -0.2) is 0 Å². The minimum atomic E-state index is -1.55. The number of carbonyl (C=O) groups is 1. The normalized spacial score (nSPS) is 20.6. The summed E-state index contributed by atoms with van der Waals surface area (Å²) in [5, 5.41) is 54.1. The van der Waals surface area contributed by atoms with Gasteiger partial charge in [0.05, 0.1) is 25.4 Å². The van der Waals surface area contributed by atoms with Gasteiger partial charge in [-0.1, -0.05) is 239 Å². The molecule has 1 saturated heterocycles. The average molecular weight is 842 g/mol. The molecule has 0 saturated carbocycles. The zero-order valence-corrected chi connectivity index (χ0v) is 38.8. The second-order valence-electron chi connectivity index (χ2n) is 18.3. The van der Waals surface area contributed by atoms with E-state index in [4.69, 9.17) is 9.47 Å². The van der Waals surface area contributed by atoms with Crippen molar-refractivity contribution in [1.82, 2.24) is 5.32 Å². The fourth-order valence-corrected chi connectivity index (χ4v) is 8.58. The van der Waals surface area contributed by atoms with Crippen LogP contribution in [0.1, 0.15) is 258 Å². The molecule has 7 unspecified atom stereocenters. The first-order chi connectivity index (χ1) is 28.8. The van der Waals surface area contributed by atoms with E-state index in [-0.39, 0.29) is 12.5 Å². The van der Waals surface area contributed by atoms with Gasteiger partial charge in [-0.05, 0) is 12.8 Å². The lowest BCUT2D eigenvalue weighted by Crippen LogP contribution is -2.60. The van der Waals surface area contributed by atoms with E-state index >= 15 is 0 Å². The van der Waals surface area contributed by atoms with Gasteiger partial charge in [-0.2, -0.15) is 0 Å². The highest BCUT2D eigenvalue weighted by molar-refractivity contribution is 5.76. The third-order valence-electron chi connectivity index (χ3n) is 12.7. The molecule has 59 heavy (non-hydrogen) atoms. The summed E-state index contributed by atoms with van der Waals surface area (Å²) >= 11 is 0. The molecule has 0 spiro atoms. The van der Waals surface area contributed by atoms with Crippen LogP contribution in [0.5, 0.6) is 0 Å². The smallest absolute Gasteiger partial charge is 0.220 e. The van der Waals surface area contributed by atoms with Gasteiger partial charge in [0.25, 0.3) is 0 Å². The van der Waals surface area contributed by atoms with Crippen molar-refractivity contribution in [2.75, 3.05) is 13.2 Å². The number of amides is 1. The Morgan fingerprint density at radius 3 is 1.20 bits per heavy atom. The first-order valence-electron chi connectivity index (χ1n) is 25.7. The van der Waals surface area contributed by atoms with Gasteiger partial charge in [0.1, 0.15) is 24.4 Å². The zero-order valence-electron chi connectivity index (χ0n) is 38.8. The zero-order chi connectivity index (χ0) is 43.0. The molecule has 1 aliphatic heterocycles. The van der Waals surface area contributed by atoms with Crippen molar-refractivity contribution < 1.29 is 39.8 Å². The fraction of sp³-hybridized carbons (Fsp3) is 0.980. The highest BCUT2D eigenvalue weighted by Crippen LogP contribution is 2.23. The second kappa shape index (κ2) is 41.2. The van der Waals surface area contributed by atoms with E-state index in [1.54, 1.807) is 0 Å². The van der Waals surface area contributed by atoms with Gasteiger partial charge in [-0.3, -0.25) is 4.79 Å². The van der Waals surface area contributed by atoms with Crippen molar-refractivity contribution in [2.45, 2.75) is 301 Å².